The monoisotopic (exact) mass is 391 g/mol. The number of carbonyl (C=O) groups excluding carboxylic acids is 2. The molecule has 1 amide bonds. The molecule has 144 valence electrons. The van der Waals surface area contributed by atoms with Gasteiger partial charge in [0.15, 0.2) is 5.78 Å². The standard InChI is InChI=1S/C24H25NO2S/c1-24(2,3)19-13-11-18(12-14-19)22(26)15-28-16-23(27)25-21-10-6-8-17-7-4-5-9-20(17)21/h4-14H,15-16H2,1-3H3,(H,25,27). The molecule has 3 nitrogen and oxygen atoms in total. The van der Waals surface area contributed by atoms with Gasteiger partial charge in [-0.2, -0.15) is 0 Å². The molecule has 0 radical (unpaired) electrons. The topological polar surface area (TPSA) is 46.2 Å². The van der Waals surface area contributed by atoms with Crippen LogP contribution < -0.4 is 5.32 Å². The Bertz CT molecular complexity index is 982. The van der Waals surface area contributed by atoms with Gasteiger partial charge >= 0.3 is 0 Å². The predicted octanol–water partition coefficient (Wildman–Crippen LogP) is 5.69. The van der Waals surface area contributed by atoms with Crippen LogP contribution in [0.1, 0.15) is 36.7 Å². The molecule has 0 spiro atoms. The lowest BCUT2D eigenvalue weighted by molar-refractivity contribution is -0.113. The van der Waals surface area contributed by atoms with Crippen LogP contribution in [0, 0.1) is 0 Å². The number of benzene rings is 3. The number of anilines is 1. The van der Waals surface area contributed by atoms with E-state index in [-0.39, 0.29) is 28.6 Å². The number of Topliss-reactive ketones (excluding diaryl/α,β-unsaturated/α-hetero) is 1. The Morgan fingerprint density at radius 1 is 0.857 bits per heavy atom. The van der Waals surface area contributed by atoms with Crippen LogP contribution in [0.3, 0.4) is 0 Å². The summed E-state index contributed by atoms with van der Waals surface area (Å²) < 4.78 is 0. The summed E-state index contributed by atoms with van der Waals surface area (Å²) in [6, 6.07) is 21.5. The van der Waals surface area contributed by atoms with Crippen molar-refractivity contribution < 1.29 is 9.59 Å². The van der Waals surface area contributed by atoms with E-state index >= 15 is 0 Å². The number of carbonyl (C=O) groups is 2. The number of thioether (sulfide) groups is 1. The van der Waals surface area contributed by atoms with Crippen LogP contribution in [0.25, 0.3) is 10.8 Å². The average Bonchev–Trinajstić information content (AvgIpc) is 2.67. The van der Waals surface area contributed by atoms with Crippen molar-refractivity contribution in [3.63, 3.8) is 0 Å². The van der Waals surface area contributed by atoms with E-state index in [2.05, 4.69) is 26.1 Å². The molecule has 3 rings (SSSR count). The van der Waals surface area contributed by atoms with Crippen LogP contribution in [0.4, 0.5) is 5.69 Å². The zero-order valence-electron chi connectivity index (χ0n) is 16.5. The van der Waals surface area contributed by atoms with E-state index in [9.17, 15) is 9.59 Å². The van der Waals surface area contributed by atoms with E-state index in [1.54, 1.807) is 0 Å². The van der Waals surface area contributed by atoms with Crippen LogP contribution >= 0.6 is 11.8 Å². The summed E-state index contributed by atoms with van der Waals surface area (Å²) in [4.78, 5) is 24.7. The summed E-state index contributed by atoms with van der Waals surface area (Å²) >= 11 is 1.34. The van der Waals surface area contributed by atoms with Crippen LogP contribution in [0.15, 0.2) is 66.7 Å². The largest absolute Gasteiger partial charge is 0.325 e. The van der Waals surface area contributed by atoms with Crippen LogP contribution in [0.5, 0.6) is 0 Å². The van der Waals surface area contributed by atoms with Gasteiger partial charge in [0.05, 0.1) is 11.5 Å². The van der Waals surface area contributed by atoms with Crippen molar-refractivity contribution in [3.05, 3.63) is 77.9 Å². The Morgan fingerprint density at radius 3 is 2.25 bits per heavy atom. The summed E-state index contributed by atoms with van der Waals surface area (Å²) in [7, 11) is 0. The van der Waals surface area contributed by atoms with E-state index in [0.29, 0.717) is 5.56 Å². The van der Waals surface area contributed by atoms with Gasteiger partial charge < -0.3 is 5.32 Å². The normalized spacial score (nSPS) is 11.4. The van der Waals surface area contributed by atoms with Crippen molar-refractivity contribution in [2.24, 2.45) is 0 Å². The fourth-order valence-corrected chi connectivity index (χ4v) is 3.71. The first-order valence-corrected chi connectivity index (χ1v) is 10.5. The number of hydrogen-bond donors (Lipinski definition) is 1. The molecule has 0 unspecified atom stereocenters. The van der Waals surface area contributed by atoms with Gasteiger partial charge in [-0.3, -0.25) is 9.59 Å². The molecule has 0 fully saturated rings. The zero-order valence-corrected chi connectivity index (χ0v) is 17.3. The first kappa shape index (κ1) is 20.2. The minimum atomic E-state index is -0.0998. The minimum absolute atomic E-state index is 0.0448. The highest BCUT2D eigenvalue weighted by Crippen LogP contribution is 2.24. The fourth-order valence-electron chi connectivity index (χ4n) is 3.00. The van der Waals surface area contributed by atoms with Crippen molar-refractivity contribution in [2.75, 3.05) is 16.8 Å². The number of ketones is 1. The third-order valence-electron chi connectivity index (χ3n) is 4.60. The lowest BCUT2D eigenvalue weighted by Gasteiger charge is -2.18. The maximum atomic E-state index is 12.4. The van der Waals surface area contributed by atoms with Gasteiger partial charge in [-0.05, 0) is 22.4 Å². The van der Waals surface area contributed by atoms with Crippen LogP contribution in [-0.4, -0.2) is 23.2 Å². The summed E-state index contributed by atoms with van der Waals surface area (Å²) in [6.07, 6.45) is 0. The molecule has 0 atom stereocenters. The molecule has 0 bridgehead atoms. The van der Waals surface area contributed by atoms with Gasteiger partial charge in [-0.25, -0.2) is 0 Å². The summed E-state index contributed by atoms with van der Waals surface area (Å²) in [6.45, 7) is 6.44. The van der Waals surface area contributed by atoms with E-state index in [1.807, 2.05) is 66.7 Å². The van der Waals surface area contributed by atoms with E-state index in [1.165, 1.54) is 17.3 Å². The fraction of sp³-hybridized carbons (Fsp3) is 0.250. The molecule has 0 aliphatic carbocycles. The van der Waals surface area contributed by atoms with Crippen molar-refractivity contribution in [2.45, 2.75) is 26.2 Å². The third-order valence-corrected chi connectivity index (χ3v) is 5.54. The minimum Gasteiger partial charge on any atom is -0.325 e. The van der Waals surface area contributed by atoms with E-state index in [0.717, 1.165) is 16.5 Å². The average molecular weight is 392 g/mol. The van der Waals surface area contributed by atoms with Gasteiger partial charge in [-0.15, -0.1) is 11.8 Å². The molecule has 0 aromatic heterocycles. The SMILES string of the molecule is CC(C)(C)c1ccc(C(=O)CSCC(=O)Nc2cccc3ccccc23)cc1. The molecule has 0 saturated heterocycles. The number of hydrogen-bond acceptors (Lipinski definition) is 3. The highest BCUT2D eigenvalue weighted by atomic mass is 32.2. The van der Waals surface area contributed by atoms with Crippen molar-refractivity contribution in [1.82, 2.24) is 0 Å². The second-order valence-electron chi connectivity index (χ2n) is 7.82. The molecule has 3 aromatic rings. The predicted molar refractivity (Wildman–Crippen MR) is 119 cm³/mol. The van der Waals surface area contributed by atoms with Crippen molar-refractivity contribution >= 4 is 39.9 Å². The highest BCUT2D eigenvalue weighted by molar-refractivity contribution is 8.00. The smallest absolute Gasteiger partial charge is 0.234 e. The van der Waals surface area contributed by atoms with E-state index in [4.69, 9.17) is 0 Å². The van der Waals surface area contributed by atoms with Gasteiger partial charge in [0.2, 0.25) is 5.91 Å². The summed E-state index contributed by atoms with van der Waals surface area (Å²) in [5.74, 6) is 0.480. The van der Waals surface area contributed by atoms with Crippen LogP contribution in [-0.2, 0) is 10.2 Å². The molecule has 0 aliphatic rings. The summed E-state index contributed by atoms with van der Waals surface area (Å²) in [5.41, 5.74) is 2.75. The van der Waals surface area contributed by atoms with Crippen molar-refractivity contribution in [1.29, 1.82) is 0 Å². The molecule has 3 aromatic carbocycles. The Kier molecular flexibility index (Phi) is 6.20. The third kappa shape index (κ3) is 5.02. The second-order valence-corrected chi connectivity index (χ2v) is 8.80. The maximum Gasteiger partial charge on any atom is 0.234 e. The molecule has 0 saturated carbocycles. The molecule has 1 N–H and O–H groups in total. The van der Waals surface area contributed by atoms with Gasteiger partial charge in [0.1, 0.15) is 0 Å². The Hall–Kier alpha value is -2.59. The number of rotatable bonds is 6. The lowest BCUT2D eigenvalue weighted by atomic mass is 9.86. The number of nitrogens with one attached hydrogen (secondary N) is 1. The maximum absolute atomic E-state index is 12.4. The van der Waals surface area contributed by atoms with E-state index < -0.39 is 0 Å². The summed E-state index contributed by atoms with van der Waals surface area (Å²) in [5, 5.41) is 5.05. The molecule has 28 heavy (non-hydrogen) atoms. The van der Waals surface area contributed by atoms with Gasteiger partial charge in [0, 0.05) is 16.6 Å². The number of fused-ring (bicyclic) bond motifs is 1. The first-order chi connectivity index (χ1) is 13.3. The number of amides is 1. The van der Waals surface area contributed by atoms with Gasteiger partial charge in [0.25, 0.3) is 0 Å². The molecular weight excluding hydrogens is 366 g/mol. The molecular formula is C24H25NO2S. The van der Waals surface area contributed by atoms with Gasteiger partial charge in [-0.1, -0.05) is 81.4 Å². The van der Waals surface area contributed by atoms with Crippen molar-refractivity contribution in [3.8, 4) is 0 Å². The first-order valence-electron chi connectivity index (χ1n) is 9.34. The second kappa shape index (κ2) is 8.61. The highest BCUT2D eigenvalue weighted by Gasteiger charge is 2.14. The Balaban J connectivity index is 1.53. The Labute approximate surface area is 170 Å². The Morgan fingerprint density at radius 2 is 1.54 bits per heavy atom. The molecule has 0 heterocycles. The molecule has 0 aliphatic heterocycles. The quantitative estimate of drug-likeness (QED) is 0.549. The molecule has 4 heteroatoms. The lowest BCUT2D eigenvalue weighted by Crippen LogP contribution is -2.16. The zero-order chi connectivity index (χ0) is 20.1. The van der Waals surface area contributed by atoms with Crippen LogP contribution in [0.2, 0.25) is 0 Å².